The molecule has 0 aliphatic carbocycles. The summed E-state index contributed by atoms with van der Waals surface area (Å²) in [5.74, 6) is 0.432. The highest BCUT2D eigenvalue weighted by molar-refractivity contribution is 7.15. The molecule has 10 nitrogen and oxygen atoms in total. The maximum Gasteiger partial charge on any atom is 0.291 e. The number of hydrogen-bond acceptors (Lipinski definition) is 8. The van der Waals surface area contributed by atoms with Crippen LogP contribution in [0.25, 0.3) is 39.4 Å². The molecule has 0 saturated carbocycles. The minimum Gasteiger partial charge on any atom is -0.266 e. The lowest BCUT2D eigenvalue weighted by molar-refractivity contribution is -0.384. The van der Waals surface area contributed by atoms with Crippen molar-refractivity contribution in [1.29, 1.82) is 0 Å². The maximum absolute atomic E-state index is 13.1. The van der Waals surface area contributed by atoms with Gasteiger partial charge in [-0.25, -0.2) is 4.68 Å². The van der Waals surface area contributed by atoms with Gasteiger partial charge in [0.25, 0.3) is 11.2 Å². The van der Waals surface area contributed by atoms with E-state index in [4.69, 9.17) is 5.10 Å². The van der Waals surface area contributed by atoms with E-state index in [1.165, 1.54) is 28.0 Å². The number of nitro groups is 1. The standard InChI is InChI=1S/C25H15N7O3S/c33-24-21(36-25-27-23(29-31(24)25)17-5-4-12-26-14-17)13-18-15-30(19-6-2-1-3-7-19)28-22(18)16-8-10-20(11-9-16)32(34)35/h1-15H. The van der Waals surface area contributed by atoms with Gasteiger partial charge >= 0.3 is 0 Å². The van der Waals surface area contributed by atoms with Gasteiger partial charge < -0.3 is 0 Å². The van der Waals surface area contributed by atoms with Crippen LogP contribution in [-0.2, 0) is 0 Å². The first-order chi connectivity index (χ1) is 17.6. The summed E-state index contributed by atoms with van der Waals surface area (Å²) >= 11 is 1.22. The monoisotopic (exact) mass is 493 g/mol. The van der Waals surface area contributed by atoms with Crippen molar-refractivity contribution in [2.24, 2.45) is 0 Å². The van der Waals surface area contributed by atoms with Gasteiger partial charge in [-0.1, -0.05) is 29.5 Å². The molecule has 0 radical (unpaired) electrons. The SMILES string of the molecule is O=c1c(=Cc2cn(-c3ccccc3)nc2-c2ccc([N+](=O)[O-])cc2)sc2nc(-c3cccnc3)nn12. The van der Waals surface area contributed by atoms with E-state index in [2.05, 4.69) is 15.1 Å². The van der Waals surface area contributed by atoms with Crippen LogP contribution >= 0.6 is 11.3 Å². The van der Waals surface area contributed by atoms with Gasteiger partial charge in [0, 0.05) is 47.4 Å². The Balaban J connectivity index is 1.48. The fourth-order valence-electron chi connectivity index (χ4n) is 3.76. The van der Waals surface area contributed by atoms with E-state index in [9.17, 15) is 14.9 Å². The molecule has 4 heterocycles. The maximum atomic E-state index is 13.1. The van der Waals surface area contributed by atoms with Crippen LogP contribution in [0.2, 0.25) is 0 Å². The van der Waals surface area contributed by atoms with Gasteiger partial charge in [-0.2, -0.15) is 14.6 Å². The highest BCUT2D eigenvalue weighted by atomic mass is 32.1. The van der Waals surface area contributed by atoms with Crippen LogP contribution in [-0.4, -0.2) is 34.3 Å². The van der Waals surface area contributed by atoms with Crippen molar-refractivity contribution in [3.8, 4) is 28.3 Å². The van der Waals surface area contributed by atoms with Gasteiger partial charge in [0.15, 0.2) is 5.82 Å². The Kier molecular flexibility index (Phi) is 5.16. The Morgan fingerprint density at radius 2 is 1.75 bits per heavy atom. The summed E-state index contributed by atoms with van der Waals surface area (Å²) in [6.07, 6.45) is 6.87. The lowest BCUT2D eigenvalue weighted by Gasteiger charge is -2.00. The van der Waals surface area contributed by atoms with E-state index in [1.807, 2.05) is 42.6 Å². The molecule has 0 aliphatic heterocycles. The van der Waals surface area contributed by atoms with Crippen LogP contribution in [0, 0.1) is 10.1 Å². The van der Waals surface area contributed by atoms with Gasteiger partial charge in [-0.05, 0) is 42.5 Å². The number of nitro benzene ring substituents is 1. The molecule has 2 aromatic carbocycles. The normalized spacial score (nSPS) is 11.8. The van der Waals surface area contributed by atoms with Gasteiger partial charge in [0.2, 0.25) is 4.96 Å². The molecule has 0 bridgehead atoms. The second-order valence-electron chi connectivity index (χ2n) is 7.80. The average Bonchev–Trinajstić information content (AvgIpc) is 3.60. The average molecular weight is 494 g/mol. The number of non-ortho nitro benzene ring substituents is 1. The van der Waals surface area contributed by atoms with Crippen LogP contribution in [0.1, 0.15) is 5.56 Å². The Bertz CT molecular complexity index is 1830. The number of nitrogens with zero attached hydrogens (tertiary/aromatic N) is 7. The molecule has 0 aliphatic rings. The molecular formula is C25H15N7O3S. The summed E-state index contributed by atoms with van der Waals surface area (Å²) in [7, 11) is 0. The molecule has 6 rings (SSSR count). The summed E-state index contributed by atoms with van der Waals surface area (Å²) in [5.41, 5.74) is 3.22. The summed E-state index contributed by atoms with van der Waals surface area (Å²) in [4.78, 5) is 32.8. The lowest BCUT2D eigenvalue weighted by atomic mass is 10.1. The van der Waals surface area contributed by atoms with Crippen molar-refractivity contribution in [2.75, 3.05) is 0 Å². The number of rotatable bonds is 5. The molecule has 0 amide bonds. The number of hydrogen-bond donors (Lipinski definition) is 0. The zero-order valence-electron chi connectivity index (χ0n) is 18.4. The van der Waals surface area contributed by atoms with Gasteiger partial charge in [0.05, 0.1) is 15.1 Å². The molecule has 0 spiro atoms. The highest BCUT2D eigenvalue weighted by Gasteiger charge is 2.16. The molecule has 0 unspecified atom stereocenters. The summed E-state index contributed by atoms with van der Waals surface area (Å²) in [6.45, 7) is 0. The van der Waals surface area contributed by atoms with E-state index >= 15 is 0 Å². The van der Waals surface area contributed by atoms with Crippen molar-refractivity contribution >= 4 is 28.1 Å². The molecule has 11 heteroatoms. The molecule has 4 aromatic heterocycles. The van der Waals surface area contributed by atoms with Gasteiger partial charge in [0.1, 0.15) is 5.69 Å². The number of fused-ring (bicyclic) bond motifs is 1. The van der Waals surface area contributed by atoms with E-state index in [0.717, 1.165) is 11.3 Å². The number of pyridine rings is 1. The third-order valence-electron chi connectivity index (χ3n) is 5.50. The van der Waals surface area contributed by atoms with Crippen molar-refractivity contribution < 1.29 is 4.92 Å². The third-order valence-corrected chi connectivity index (χ3v) is 6.46. The first-order valence-electron chi connectivity index (χ1n) is 10.8. The van der Waals surface area contributed by atoms with E-state index in [-0.39, 0.29) is 11.2 Å². The second kappa shape index (κ2) is 8.64. The third kappa shape index (κ3) is 3.83. The van der Waals surface area contributed by atoms with Crippen LogP contribution < -0.4 is 10.1 Å². The zero-order chi connectivity index (χ0) is 24.6. The first-order valence-corrected chi connectivity index (χ1v) is 11.6. The fraction of sp³-hybridized carbons (Fsp3) is 0. The predicted molar refractivity (Wildman–Crippen MR) is 135 cm³/mol. The van der Waals surface area contributed by atoms with Gasteiger partial charge in [-0.3, -0.25) is 19.9 Å². The summed E-state index contributed by atoms with van der Waals surface area (Å²) < 4.78 is 3.44. The van der Waals surface area contributed by atoms with Crippen molar-refractivity contribution in [1.82, 2.24) is 29.4 Å². The molecule has 36 heavy (non-hydrogen) atoms. The van der Waals surface area contributed by atoms with Crippen LogP contribution in [0.3, 0.4) is 0 Å². The smallest absolute Gasteiger partial charge is 0.266 e. The number of para-hydroxylation sites is 1. The van der Waals surface area contributed by atoms with E-state index in [0.29, 0.717) is 32.1 Å². The first kappa shape index (κ1) is 21.5. The Labute approximate surface area is 206 Å². The fourth-order valence-corrected chi connectivity index (χ4v) is 4.66. The van der Waals surface area contributed by atoms with Gasteiger partial charge in [-0.15, -0.1) is 5.10 Å². The van der Waals surface area contributed by atoms with Crippen molar-refractivity contribution in [2.45, 2.75) is 0 Å². The summed E-state index contributed by atoms with van der Waals surface area (Å²) in [6, 6.07) is 19.3. The predicted octanol–water partition coefficient (Wildman–Crippen LogP) is 3.52. The van der Waals surface area contributed by atoms with Crippen molar-refractivity contribution in [3.63, 3.8) is 0 Å². The van der Waals surface area contributed by atoms with E-state index in [1.54, 1.807) is 41.4 Å². The Morgan fingerprint density at radius 1 is 0.944 bits per heavy atom. The van der Waals surface area contributed by atoms with E-state index < -0.39 is 4.92 Å². The second-order valence-corrected chi connectivity index (χ2v) is 8.81. The quantitative estimate of drug-likeness (QED) is 0.266. The van der Waals surface area contributed by atoms with Crippen LogP contribution in [0.5, 0.6) is 0 Å². The molecule has 174 valence electrons. The molecule has 0 fully saturated rings. The van der Waals surface area contributed by atoms with Crippen molar-refractivity contribution in [3.05, 3.63) is 116 Å². The Hall–Kier alpha value is -5.03. The zero-order valence-corrected chi connectivity index (χ0v) is 19.2. The topological polar surface area (TPSA) is 121 Å². The Morgan fingerprint density at radius 3 is 2.44 bits per heavy atom. The molecule has 0 atom stereocenters. The number of thiazole rings is 1. The van der Waals surface area contributed by atoms with Crippen LogP contribution in [0.4, 0.5) is 5.69 Å². The minimum atomic E-state index is -0.447. The lowest BCUT2D eigenvalue weighted by Crippen LogP contribution is -2.23. The molecular weight excluding hydrogens is 478 g/mol. The number of benzene rings is 2. The largest absolute Gasteiger partial charge is 0.291 e. The summed E-state index contributed by atoms with van der Waals surface area (Å²) in [5, 5.41) is 20.2. The molecule has 0 saturated heterocycles. The van der Waals surface area contributed by atoms with Crippen LogP contribution in [0.15, 0.2) is 90.1 Å². The minimum absolute atomic E-state index is 0.0106. The molecule has 0 N–H and O–H groups in total. The highest BCUT2D eigenvalue weighted by Crippen LogP contribution is 2.26. The number of aromatic nitrogens is 6. The molecule has 6 aromatic rings.